The Kier molecular flexibility index (Phi) is 3.65. The summed E-state index contributed by atoms with van der Waals surface area (Å²) in [5, 5.41) is 9.89. The van der Waals surface area contributed by atoms with E-state index in [2.05, 4.69) is 124 Å². The van der Waals surface area contributed by atoms with E-state index < -0.39 is 0 Å². The Morgan fingerprint density at radius 2 is 1.26 bits per heavy atom. The van der Waals surface area contributed by atoms with Crippen molar-refractivity contribution < 1.29 is 8.83 Å². The van der Waals surface area contributed by atoms with Crippen molar-refractivity contribution in [2.24, 2.45) is 0 Å². The molecule has 0 fully saturated rings. The number of para-hydroxylation sites is 4. The molecule has 2 aliphatic heterocycles. The first-order chi connectivity index (χ1) is 22.8. The molecule has 5 aromatic heterocycles. The van der Waals surface area contributed by atoms with Crippen LogP contribution in [0.4, 0.5) is 0 Å². The number of furan rings is 2. The average molecular weight is 602 g/mol. The van der Waals surface area contributed by atoms with E-state index in [1.54, 1.807) is 0 Å². The zero-order chi connectivity index (χ0) is 29.4. The standard InChI is InChI=1S/C40H19BN2O2S/c1-5-17-29-20(9-1)32-23-14-8-15-26-38(23)42(39(32)45-29)27-19-30-34(21-10-2-4-16-28(21)44-30)35-25-13-7-12-24-33-22-11-3-6-18-31(22)46-40(33)43(37(24)25)41(26)36(27)35/h1-19H. The molecule has 7 heterocycles. The highest BCUT2D eigenvalue weighted by atomic mass is 32.1. The number of benzene rings is 6. The summed E-state index contributed by atoms with van der Waals surface area (Å²) < 4.78 is 19.8. The van der Waals surface area contributed by atoms with Crippen LogP contribution in [0.2, 0.25) is 0 Å². The molecule has 11 aromatic rings. The van der Waals surface area contributed by atoms with Crippen LogP contribution >= 0.6 is 11.3 Å². The molecule has 6 heteroatoms. The van der Waals surface area contributed by atoms with Gasteiger partial charge in [0.15, 0.2) is 0 Å². The number of fused-ring (bicyclic) bond motifs is 18. The Hall–Kier alpha value is -5.72. The number of hydrogen-bond acceptors (Lipinski definition) is 3. The van der Waals surface area contributed by atoms with Crippen molar-refractivity contribution in [2.75, 3.05) is 0 Å². The molecule has 0 unspecified atom stereocenters. The summed E-state index contributed by atoms with van der Waals surface area (Å²) in [4.78, 5) is 1.33. The molecular formula is C40H19BN2O2S. The SMILES string of the molecule is c1ccc2c(c1)oc1cc3c4c(c12)-c1cccc2c5c6ccccc6sc5n(c12)B4c1cccc2c4c5ccccc5oc4n-3c12. The third kappa shape index (κ3) is 2.33. The first-order valence-corrected chi connectivity index (χ1v) is 16.5. The fourth-order valence-electron chi connectivity index (χ4n) is 9.09. The molecule has 0 saturated heterocycles. The van der Waals surface area contributed by atoms with Gasteiger partial charge in [0.1, 0.15) is 16.7 Å². The van der Waals surface area contributed by atoms with E-state index in [0.29, 0.717) is 0 Å². The lowest BCUT2D eigenvalue weighted by molar-refractivity contribution is 0.645. The van der Waals surface area contributed by atoms with E-state index in [9.17, 15) is 0 Å². The van der Waals surface area contributed by atoms with Crippen LogP contribution in [-0.2, 0) is 0 Å². The summed E-state index contributed by atoms with van der Waals surface area (Å²) in [6.07, 6.45) is 0. The molecule has 4 nitrogen and oxygen atoms in total. The van der Waals surface area contributed by atoms with Crippen LogP contribution in [0, 0.1) is 0 Å². The number of rotatable bonds is 0. The summed E-state index contributed by atoms with van der Waals surface area (Å²) in [5.74, 6) is 0. The van der Waals surface area contributed by atoms with Crippen LogP contribution in [0.25, 0.3) is 103 Å². The van der Waals surface area contributed by atoms with Crippen LogP contribution in [0.15, 0.2) is 124 Å². The number of nitrogens with zero attached hydrogens (tertiary/aromatic N) is 2. The second-order valence-electron chi connectivity index (χ2n) is 12.8. The fourth-order valence-corrected chi connectivity index (χ4v) is 10.3. The Labute approximate surface area is 264 Å². The minimum absolute atomic E-state index is 0.00695. The molecule has 0 bridgehead atoms. The molecule has 0 saturated carbocycles. The van der Waals surface area contributed by atoms with Gasteiger partial charge in [-0.15, -0.1) is 11.3 Å². The van der Waals surface area contributed by atoms with Crippen molar-refractivity contribution in [1.82, 2.24) is 9.05 Å². The summed E-state index contributed by atoms with van der Waals surface area (Å²) in [6, 6.07) is 41.8. The third-order valence-electron chi connectivity index (χ3n) is 10.7. The lowest BCUT2D eigenvalue weighted by atomic mass is 9.45. The van der Waals surface area contributed by atoms with Gasteiger partial charge in [0.05, 0.1) is 21.4 Å². The Bertz CT molecular complexity index is 3220. The lowest BCUT2D eigenvalue weighted by Crippen LogP contribution is -2.55. The Balaban J connectivity index is 1.35. The number of hydrogen-bond donors (Lipinski definition) is 0. The second kappa shape index (κ2) is 7.39. The smallest absolute Gasteiger partial charge is 0.333 e. The van der Waals surface area contributed by atoms with Crippen molar-refractivity contribution in [1.29, 1.82) is 0 Å². The molecule has 6 aromatic carbocycles. The summed E-state index contributed by atoms with van der Waals surface area (Å²) in [5.41, 5.74) is 12.4. The van der Waals surface area contributed by atoms with Crippen LogP contribution < -0.4 is 10.9 Å². The molecule has 0 N–H and O–H groups in total. The number of thiophene rings is 1. The van der Waals surface area contributed by atoms with Gasteiger partial charge in [-0.3, -0.25) is 4.57 Å². The average Bonchev–Trinajstić information content (AvgIpc) is 3.89. The molecule has 46 heavy (non-hydrogen) atoms. The van der Waals surface area contributed by atoms with Gasteiger partial charge in [0.25, 0.3) is 0 Å². The monoisotopic (exact) mass is 602 g/mol. The van der Waals surface area contributed by atoms with Crippen molar-refractivity contribution in [3.63, 3.8) is 0 Å². The molecule has 210 valence electrons. The predicted molar refractivity (Wildman–Crippen MR) is 192 cm³/mol. The lowest BCUT2D eigenvalue weighted by Gasteiger charge is -2.33. The number of aromatic nitrogens is 2. The molecule has 0 radical (unpaired) electrons. The van der Waals surface area contributed by atoms with E-state index >= 15 is 0 Å². The van der Waals surface area contributed by atoms with Gasteiger partial charge < -0.3 is 13.3 Å². The first-order valence-electron chi connectivity index (χ1n) is 15.7. The van der Waals surface area contributed by atoms with E-state index in [1.165, 1.54) is 74.9 Å². The van der Waals surface area contributed by atoms with Crippen LogP contribution in [0.1, 0.15) is 0 Å². The second-order valence-corrected chi connectivity index (χ2v) is 13.8. The maximum atomic E-state index is 6.75. The highest BCUT2D eigenvalue weighted by Gasteiger charge is 2.44. The topological polar surface area (TPSA) is 36.1 Å². The van der Waals surface area contributed by atoms with Crippen LogP contribution in [-0.4, -0.2) is 15.9 Å². The maximum Gasteiger partial charge on any atom is 0.333 e. The molecule has 0 atom stereocenters. The quantitative estimate of drug-likeness (QED) is 0.162. The van der Waals surface area contributed by atoms with E-state index in [4.69, 9.17) is 8.83 Å². The van der Waals surface area contributed by atoms with Crippen molar-refractivity contribution >= 4 is 115 Å². The normalized spacial score (nSPS) is 13.6. The van der Waals surface area contributed by atoms with Gasteiger partial charge in [-0.25, -0.2) is 0 Å². The van der Waals surface area contributed by atoms with Gasteiger partial charge in [0.2, 0.25) is 5.71 Å². The molecule has 13 rings (SSSR count). The Morgan fingerprint density at radius 1 is 0.565 bits per heavy atom. The molecule has 0 amide bonds. The fraction of sp³-hybridized carbons (Fsp3) is 0. The summed E-state index contributed by atoms with van der Waals surface area (Å²) >= 11 is 1.91. The van der Waals surface area contributed by atoms with E-state index in [-0.39, 0.29) is 6.85 Å². The van der Waals surface area contributed by atoms with Crippen LogP contribution in [0.3, 0.4) is 0 Å². The van der Waals surface area contributed by atoms with Crippen molar-refractivity contribution in [3.8, 4) is 16.8 Å². The van der Waals surface area contributed by atoms with Gasteiger partial charge in [-0.1, -0.05) is 91.0 Å². The molecule has 0 aliphatic carbocycles. The van der Waals surface area contributed by atoms with Crippen molar-refractivity contribution in [3.05, 3.63) is 115 Å². The highest BCUT2D eigenvalue weighted by Crippen LogP contribution is 2.50. The Morgan fingerprint density at radius 3 is 2.13 bits per heavy atom. The van der Waals surface area contributed by atoms with Gasteiger partial charge in [-0.2, -0.15) is 0 Å². The highest BCUT2D eigenvalue weighted by molar-refractivity contribution is 7.26. The summed E-state index contributed by atoms with van der Waals surface area (Å²) in [7, 11) is 0. The van der Waals surface area contributed by atoms with Gasteiger partial charge in [0, 0.05) is 59.6 Å². The summed E-state index contributed by atoms with van der Waals surface area (Å²) in [6.45, 7) is -0.00695. The minimum Gasteiger partial charge on any atom is -0.456 e. The zero-order valence-electron chi connectivity index (χ0n) is 24.2. The minimum atomic E-state index is -0.00695. The van der Waals surface area contributed by atoms with Gasteiger partial charge >= 0.3 is 6.85 Å². The predicted octanol–water partition coefficient (Wildman–Crippen LogP) is 9.70. The molecule has 0 spiro atoms. The maximum absolute atomic E-state index is 6.75. The van der Waals surface area contributed by atoms with Crippen LogP contribution in [0.5, 0.6) is 0 Å². The van der Waals surface area contributed by atoms with Crippen molar-refractivity contribution in [2.45, 2.75) is 0 Å². The van der Waals surface area contributed by atoms with Gasteiger partial charge in [-0.05, 0) is 34.7 Å². The zero-order valence-corrected chi connectivity index (χ0v) is 25.0. The molecular weight excluding hydrogens is 583 g/mol. The van der Waals surface area contributed by atoms with E-state index in [1.807, 2.05) is 11.3 Å². The third-order valence-corrected chi connectivity index (χ3v) is 11.9. The molecule has 2 aliphatic rings. The largest absolute Gasteiger partial charge is 0.456 e. The first kappa shape index (κ1) is 22.7. The van der Waals surface area contributed by atoms with E-state index in [0.717, 1.165) is 38.9 Å².